The zero-order valence-electron chi connectivity index (χ0n) is 10.3. The Morgan fingerprint density at radius 1 is 1.50 bits per heavy atom. The van der Waals surface area contributed by atoms with Gasteiger partial charge < -0.3 is 15.3 Å². The number of piperidine rings is 1. The van der Waals surface area contributed by atoms with Crippen molar-refractivity contribution < 1.29 is 5.11 Å². The number of nitrogens with zero attached hydrogens (tertiary/aromatic N) is 1. The maximum Gasteiger partial charge on any atom is 0.175 e. The van der Waals surface area contributed by atoms with Crippen LogP contribution in [0.2, 0.25) is 5.02 Å². The predicted molar refractivity (Wildman–Crippen MR) is 79.0 cm³/mol. The predicted octanol–water partition coefficient (Wildman–Crippen LogP) is 3.15. The molecule has 1 saturated heterocycles. The fraction of sp³-hybridized carbons (Fsp3) is 0.462. The quantitative estimate of drug-likeness (QED) is 0.777. The Kier molecular flexibility index (Phi) is 4.43. The normalized spacial score (nSPS) is 19.7. The molecule has 3 nitrogen and oxygen atoms in total. The Morgan fingerprint density at radius 3 is 3.00 bits per heavy atom. The Labute approximate surface area is 118 Å². The highest BCUT2D eigenvalue weighted by molar-refractivity contribution is 7.80. The Morgan fingerprint density at radius 2 is 2.28 bits per heavy atom. The van der Waals surface area contributed by atoms with Crippen LogP contribution in [0.5, 0.6) is 0 Å². The Bertz CT molecular complexity index is 453. The molecule has 0 amide bonds. The molecule has 1 aliphatic rings. The van der Waals surface area contributed by atoms with Gasteiger partial charge in [-0.3, -0.25) is 0 Å². The lowest BCUT2D eigenvalue weighted by molar-refractivity contribution is 0.0255. The van der Waals surface area contributed by atoms with Crippen molar-refractivity contribution in [1.82, 2.24) is 4.90 Å². The molecule has 1 aromatic rings. The molecule has 0 aromatic heterocycles. The van der Waals surface area contributed by atoms with Gasteiger partial charge in [0.05, 0.1) is 0 Å². The van der Waals surface area contributed by atoms with Crippen LogP contribution in [0.15, 0.2) is 18.2 Å². The van der Waals surface area contributed by atoms with Crippen LogP contribution in [0.4, 0.5) is 5.69 Å². The third kappa shape index (κ3) is 3.13. The summed E-state index contributed by atoms with van der Waals surface area (Å²) in [5, 5.41) is 14.3. The smallest absolute Gasteiger partial charge is 0.175 e. The second kappa shape index (κ2) is 5.87. The molecule has 0 unspecified atom stereocenters. The van der Waals surface area contributed by atoms with E-state index >= 15 is 0 Å². The standard InChI is InChI=1S/C13H17ClN2OS/c1-9-5-6-10(14)8-11(9)15-13(18)16-7-3-2-4-12(16)17/h5-6,8,12,17H,2-4,7H2,1H3,(H,15,18)/t12-/m0/s1. The fourth-order valence-corrected chi connectivity index (χ4v) is 2.56. The maximum absolute atomic E-state index is 9.91. The van der Waals surface area contributed by atoms with Crippen molar-refractivity contribution in [3.05, 3.63) is 28.8 Å². The van der Waals surface area contributed by atoms with Gasteiger partial charge in [0.2, 0.25) is 0 Å². The zero-order valence-corrected chi connectivity index (χ0v) is 11.9. The second-order valence-corrected chi connectivity index (χ2v) is 5.38. The summed E-state index contributed by atoms with van der Waals surface area (Å²) in [6, 6.07) is 5.64. The molecule has 0 radical (unpaired) electrons. The van der Waals surface area contributed by atoms with E-state index < -0.39 is 6.23 Å². The molecule has 1 fully saturated rings. The van der Waals surface area contributed by atoms with Gasteiger partial charge in [0, 0.05) is 17.3 Å². The van der Waals surface area contributed by atoms with Crippen LogP contribution in [0.3, 0.4) is 0 Å². The molecule has 0 saturated carbocycles. The molecule has 0 bridgehead atoms. The highest BCUT2D eigenvalue weighted by Crippen LogP contribution is 2.22. The van der Waals surface area contributed by atoms with Crippen LogP contribution in [0.1, 0.15) is 24.8 Å². The number of hydrogen-bond acceptors (Lipinski definition) is 2. The van der Waals surface area contributed by atoms with Crippen LogP contribution in [0, 0.1) is 6.92 Å². The average Bonchev–Trinajstić information content (AvgIpc) is 2.34. The third-order valence-electron chi connectivity index (χ3n) is 3.17. The number of hydrogen-bond donors (Lipinski definition) is 2. The molecule has 1 aromatic carbocycles. The van der Waals surface area contributed by atoms with E-state index in [0.717, 1.165) is 37.1 Å². The van der Waals surface area contributed by atoms with Crippen molar-refractivity contribution >= 4 is 34.6 Å². The van der Waals surface area contributed by atoms with Crippen LogP contribution >= 0.6 is 23.8 Å². The van der Waals surface area contributed by atoms with E-state index in [1.54, 1.807) is 0 Å². The van der Waals surface area contributed by atoms with E-state index in [1.807, 2.05) is 30.0 Å². The van der Waals surface area contributed by atoms with Gasteiger partial charge in [-0.15, -0.1) is 0 Å². The average molecular weight is 285 g/mol. The number of rotatable bonds is 1. The molecule has 0 spiro atoms. The minimum absolute atomic E-state index is 0.474. The van der Waals surface area contributed by atoms with E-state index in [9.17, 15) is 5.11 Å². The molecule has 1 aliphatic heterocycles. The first kappa shape index (κ1) is 13.6. The third-order valence-corrected chi connectivity index (χ3v) is 3.74. The number of anilines is 1. The van der Waals surface area contributed by atoms with Gasteiger partial charge in [-0.25, -0.2) is 0 Å². The van der Waals surface area contributed by atoms with Crippen molar-refractivity contribution in [2.75, 3.05) is 11.9 Å². The van der Waals surface area contributed by atoms with E-state index in [2.05, 4.69) is 5.32 Å². The summed E-state index contributed by atoms with van der Waals surface area (Å²) in [5.74, 6) is 0. The lowest BCUT2D eigenvalue weighted by Crippen LogP contribution is -2.45. The summed E-state index contributed by atoms with van der Waals surface area (Å²) in [6.07, 6.45) is 2.42. The van der Waals surface area contributed by atoms with Crippen molar-refractivity contribution in [2.24, 2.45) is 0 Å². The van der Waals surface area contributed by atoms with Gasteiger partial charge >= 0.3 is 0 Å². The molecular formula is C13H17ClN2OS. The molecule has 0 aliphatic carbocycles. The Hall–Kier alpha value is -0.840. The number of nitrogens with one attached hydrogen (secondary N) is 1. The van der Waals surface area contributed by atoms with Crippen LogP contribution in [-0.2, 0) is 0 Å². The van der Waals surface area contributed by atoms with Gasteiger partial charge in [-0.1, -0.05) is 17.7 Å². The highest BCUT2D eigenvalue weighted by atomic mass is 35.5. The molecular weight excluding hydrogens is 268 g/mol. The van der Waals surface area contributed by atoms with E-state index in [-0.39, 0.29) is 0 Å². The van der Waals surface area contributed by atoms with E-state index in [4.69, 9.17) is 23.8 Å². The SMILES string of the molecule is Cc1ccc(Cl)cc1NC(=S)N1CCCC[C@@H]1O. The molecule has 2 rings (SSSR count). The summed E-state index contributed by atoms with van der Waals surface area (Å²) >= 11 is 11.3. The number of thiocarbonyl (C=S) groups is 1. The monoisotopic (exact) mass is 284 g/mol. The summed E-state index contributed by atoms with van der Waals surface area (Å²) in [5.41, 5.74) is 1.97. The molecule has 1 atom stereocenters. The zero-order chi connectivity index (χ0) is 13.1. The number of aliphatic hydroxyl groups excluding tert-OH is 1. The summed E-state index contributed by atoms with van der Waals surface area (Å²) < 4.78 is 0. The molecule has 5 heteroatoms. The lowest BCUT2D eigenvalue weighted by Gasteiger charge is -2.34. The van der Waals surface area contributed by atoms with E-state index in [0.29, 0.717) is 10.1 Å². The van der Waals surface area contributed by atoms with Gasteiger partial charge in [-0.2, -0.15) is 0 Å². The number of likely N-dealkylation sites (tertiary alicyclic amines) is 1. The summed E-state index contributed by atoms with van der Waals surface area (Å²) in [4.78, 5) is 1.83. The van der Waals surface area contributed by atoms with Gasteiger partial charge in [0.15, 0.2) is 5.11 Å². The van der Waals surface area contributed by atoms with Gasteiger partial charge in [0.1, 0.15) is 6.23 Å². The van der Waals surface area contributed by atoms with Gasteiger partial charge in [-0.05, 0) is 56.1 Å². The molecule has 18 heavy (non-hydrogen) atoms. The molecule has 1 heterocycles. The Balaban J connectivity index is 2.08. The van der Waals surface area contributed by atoms with Crippen LogP contribution < -0.4 is 5.32 Å². The number of aryl methyl sites for hydroxylation is 1. The topological polar surface area (TPSA) is 35.5 Å². The molecule has 98 valence electrons. The van der Waals surface area contributed by atoms with E-state index in [1.165, 1.54) is 0 Å². The van der Waals surface area contributed by atoms with Gasteiger partial charge in [0.25, 0.3) is 0 Å². The van der Waals surface area contributed by atoms with Crippen molar-refractivity contribution in [3.8, 4) is 0 Å². The highest BCUT2D eigenvalue weighted by Gasteiger charge is 2.22. The maximum atomic E-state index is 9.91. The minimum Gasteiger partial charge on any atom is -0.374 e. The van der Waals surface area contributed by atoms with Crippen LogP contribution in [0.25, 0.3) is 0 Å². The largest absolute Gasteiger partial charge is 0.374 e. The second-order valence-electron chi connectivity index (χ2n) is 4.56. The molecule has 2 N–H and O–H groups in total. The van der Waals surface area contributed by atoms with Crippen LogP contribution in [-0.4, -0.2) is 27.9 Å². The first-order chi connectivity index (χ1) is 8.58. The van der Waals surface area contributed by atoms with Crippen molar-refractivity contribution in [2.45, 2.75) is 32.4 Å². The fourth-order valence-electron chi connectivity index (χ4n) is 2.07. The first-order valence-electron chi connectivity index (χ1n) is 6.10. The van der Waals surface area contributed by atoms with Crippen molar-refractivity contribution in [3.63, 3.8) is 0 Å². The lowest BCUT2D eigenvalue weighted by atomic mass is 10.1. The summed E-state index contributed by atoms with van der Waals surface area (Å²) in [6.45, 7) is 2.79. The number of aliphatic hydroxyl groups is 1. The number of halogens is 1. The summed E-state index contributed by atoms with van der Waals surface area (Å²) in [7, 11) is 0. The first-order valence-corrected chi connectivity index (χ1v) is 6.88. The van der Waals surface area contributed by atoms with Crippen molar-refractivity contribution in [1.29, 1.82) is 0 Å². The number of benzene rings is 1. The minimum atomic E-state index is -0.474.